The zero-order valence-electron chi connectivity index (χ0n) is 11.2. The van der Waals surface area contributed by atoms with E-state index >= 15 is 0 Å². The van der Waals surface area contributed by atoms with Gasteiger partial charge < -0.3 is 5.11 Å². The normalized spacial score (nSPS) is 11.0. The maximum atomic E-state index is 12.9. The number of aliphatic carboxylic acids is 1. The molecule has 0 aliphatic rings. The Morgan fingerprint density at radius 2 is 1.68 bits per heavy atom. The number of carboxylic acids is 1. The maximum absolute atomic E-state index is 12.9. The second kappa shape index (κ2) is 5.90. The summed E-state index contributed by atoms with van der Waals surface area (Å²) < 4.78 is 38.8. The molecule has 0 fully saturated rings. The molecule has 2 rings (SSSR count). The summed E-state index contributed by atoms with van der Waals surface area (Å²) in [7, 11) is 0. The average molecular weight is 305 g/mol. The summed E-state index contributed by atoms with van der Waals surface area (Å²) in [5, 5.41) is 17.4. The minimum Gasteiger partial charge on any atom is -0.481 e. The number of hydrogen-bond acceptors (Lipinski definition) is 2. The third-order valence-corrected chi connectivity index (χ3v) is 3.09. The molecule has 0 unspecified atom stereocenters. The largest absolute Gasteiger partial charge is 0.481 e. The van der Waals surface area contributed by atoms with Crippen LogP contribution in [0.3, 0.4) is 0 Å². The van der Waals surface area contributed by atoms with Crippen molar-refractivity contribution in [3.63, 3.8) is 0 Å². The summed E-state index contributed by atoms with van der Waals surface area (Å²) in [6, 6.07) is 11.2. The number of nitrogens with zero attached hydrogens (tertiary/aromatic N) is 1. The quantitative estimate of drug-likeness (QED) is 0.936. The second-order valence-electron chi connectivity index (χ2n) is 4.64. The van der Waals surface area contributed by atoms with Crippen LogP contribution in [0.5, 0.6) is 0 Å². The molecule has 0 radical (unpaired) electrons. The highest BCUT2D eigenvalue weighted by molar-refractivity contribution is 5.71. The van der Waals surface area contributed by atoms with Crippen molar-refractivity contribution in [2.24, 2.45) is 0 Å². The fraction of sp³-hybridized carbons (Fsp3) is 0.125. The lowest BCUT2D eigenvalue weighted by Crippen LogP contribution is -2.08. The number of nitriles is 1. The molecule has 0 spiro atoms. The van der Waals surface area contributed by atoms with E-state index in [4.69, 9.17) is 10.4 Å². The van der Waals surface area contributed by atoms with Crippen LogP contribution in [0.25, 0.3) is 11.1 Å². The van der Waals surface area contributed by atoms with Crippen molar-refractivity contribution < 1.29 is 23.1 Å². The number of halogens is 3. The van der Waals surface area contributed by atoms with Crippen molar-refractivity contribution in [1.29, 1.82) is 5.26 Å². The van der Waals surface area contributed by atoms with Crippen LogP contribution in [0.15, 0.2) is 42.5 Å². The second-order valence-corrected chi connectivity index (χ2v) is 4.64. The third-order valence-electron chi connectivity index (χ3n) is 3.09. The van der Waals surface area contributed by atoms with Crippen LogP contribution in [-0.4, -0.2) is 11.1 Å². The van der Waals surface area contributed by atoms with Gasteiger partial charge in [0.25, 0.3) is 0 Å². The first-order valence-corrected chi connectivity index (χ1v) is 6.23. The lowest BCUT2D eigenvalue weighted by atomic mass is 9.98. The first-order valence-electron chi connectivity index (χ1n) is 6.23. The van der Waals surface area contributed by atoms with E-state index in [1.54, 1.807) is 24.3 Å². The zero-order valence-corrected chi connectivity index (χ0v) is 11.2. The highest BCUT2D eigenvalue weighted by atomic mass is 19.4. The predicted octanol–water partition coefficient (Wildman–Crippen LogP) is 3.87. The van der Waals surface area contributed by atoms with E-state index in [2.05, 4.69) is 0 Å². The fourth-order valence-electron chi connectivity index (χ4n) is 2.05. The van der Waals surface area contributed by atoms with E-state index < -0.39 is 23.3 Å². The highest BCUT2D eigenvalue weighted by Crippen LogP contribution is 2.34. The van der Waals surface area contributed by atoms with Crippen LogP contribution in [0, 0.1) is 11.3 Å². The van der Waals surface area contributed by atoms with E-state index in [0.29, 0.717) is 16.7 Å². The van der Waals surface area contributed by atoms with Crippen molar-refractivity contribution in [3.05, 3.63) is 59.2 Å². The van der Waals surface area contributed by atoms with Crippen molar-refractivity contribution in [2.75, 3.05) is 0 Å². The van der Waals surface area contributed by atoms with Crippen LogP contribution in [-0.2, 0) is 17.4 Å². The molecule has 0 bridgehead atoms. The van der Waals surface area contributed by atoms with Crippen molar-refractivity contribution in [3.8, 4) is 17.2 Å². The van der Waals surface area contributed by atoms with Gasteiger partial charge in [-0.25, -0.2) is 0 Å². The molecule has 3 nitrogen and oxygen atoms in total. The summed E-state index contributed by atoms with van der Waals surface area (Å²) in [6.07, 6.45) is -4.76. The van der Waals surface area contributed by atoms with Crippen LogP contribution in [0.1, 0.15) is 16.7 Å². The van der Waals surface area contributed by atoms with E-state index in [0.717, 1.165) is 12.1 Å². The van der Waals surface area contributed by atoms with E-state index in [1.165, 1.54) is 12.1 Å². The van der Waals surface area contributed by atoms with Gasteiger partial charge in [-0.15, -0.1) is 0 Å². The molecule has 112 valence electrons. The van der Waals surface area contributed by atoms with Gasteiger partial charge in [-0.05, 0) is 28.8 Å². The number of carboxylic acid groups (broad SMARTS) is 1. The molecule has 0 saturated heterocycles. The van der Waals surface area contributed by atoms with Crippen molar-refractivity contribution in [1.82, 2.24) is 0 Å². The molecule has 2 aromatic rings. The summed E-state index contributed by atoms with van der Waals surface area (Å²) >= 11 is 0. The Kier molecular flexibility index (Phi) is 4.18. The lowest BCUT2D eigenvalue weighted by Gasteiger charge is -2.11. The molecule has 0 saturated carbocycles. The number of carbonyl (C=O) groups is 1. The van der Waals surface area contributed by atoms with Gasteiger partial charge in [0.05, 0.1) is 23.6 Å². The molecule has 2 aromatic carbocycles. The molecule has 0 aromatic heterocycles. The molecule has 1 N–H and O–H groups in total. The summed E-state index contributed by atoms with van der Waals surface area (Å²) in [5.74, 6) is -0.981. The molecule has 0 aliphatic heterocycles. The van der Waals surface area contributed by atoms with E-state index in [1.807, 2.05) is 0 Å². The Bertz CT molecular complexity index is 743. The minimum atomic E-state index is -4.61. The Balaban J connectivity index is 2.41. The molecule has 0 heterocycles. The summed E-state index contributed by atoms with van der Waals surface area (Å²) in [5.41, 5.74) is -0.0286. The van der Waals surface area contributed by atoms with Crippen molar-refractivity contribution in [2.45, 2.75) is 12.6 Å². The number of benzene rings is 2. The van der Waals surface area contributed by atoms with Crippen LogP contribution >= 0.6 is 0 Å². The smallest absolute Gasteiger partial charge is 0.417 e. The Morgan fingerprint density at radius 3 is 2.18 bits per heavy atom. The average Bonchev–Trinajstić information content (AvgIpc) is 2.46. The number of rotatable bonds is 3. The molecule has 22 heavy (non-hydrogen) atoms. The van der Waals surface area contributed by atoms with E-state index in [-0.39, 0.29) is 6.42 Å². The van der Waals surface area contributed by atoms with Gasteiger partial charge in [-0.1, -0.05) is 30.3 Å². The molecule has 0 atom stereocenters. The molecule has 0 aliphatic carbocycles. The highest BCUT2D eigenvalue weighted by Gasteiger charge is 2.33. The van der Waals surface area contributed by atoms with E-state index in [9.17, 15) is 18.0 Å². The first-order chi connectivity index (χ1) is 10.3. The zero-order chi connectivity index (χ0) is 16.3. The molecular formula is C16H10F3NO2. The Labute approximate surface area is 124 Å². The van der Waals surface area contributed by atoms with Crippen LogP contribution < -0.4 is 0 Å². The first kappa shape index (κ1) is 15.6. The van der Waals surface area contributed by atoms with Gasteiger partial charge in [0.15, 0.2) is 0 Å². The minimum absolute atomic E-state index is 0.151. The fourth-order valence-corrected chi connectivity index (χ4v) is 2.05. The molecule has 0 amide bonds. The van der Waals surface area contributed by atoms with Gasteiger partial charge in [-0.2, -0.15) is 18.4 Å². The van der Waals surface area contributed by atoms with Gasteiger partial charge in [0.1, 0.15) is 0 Å². The van der Waals surface area contributed by atoms with Gasteiger partial charge in [0.2, 0.25) is 0 Å². The third kappa shape index (κ3) is 3.44. The van der Waals surface area contributed by atoms with Crippen LogP contribution in [0.4, 0.5) is 13.2 Å². The maximum Gasteiger partial charge on any atom is 0.417 e. The lowest BCUT2D eigenvalue weighted by molar-refractivity contribution is -0.138. The monoisotopic (exact) mass is 305 g/mol. The standard InChI is InChI=1S/C16H10F3NO2/c17-16(18,19)14-8-12(5-6-13(14)9-20)11-3-1-10(2-4-11)7-15(21)22/h1-6,8H,7H2,(H,21,22). The Hall–Kier alpha value is -2.81. The topological polar surface area (TPSA) is 61.1 Å². The predicted molar refractivity (Wildman–Crippen MR) is 72.9 cm³/mol. The SMILES string of the molecule is N#Cc1ccc(-c2ccc(CC(=O)O)cc2)cc1C(F)(F)F. The summed E-state index contributed by atoms with van der Waals surface area (Å²) in [4.78, 5) is 10.6. The van der Waals surface area contributed by atoms with Gasteiger partial charge >= 0.3 is 12.1 Å². The summed E-state index contributed by atoms with van der Waals surface area (Å²) in [6.45, 7) is 0. The van der Waals surface area contributed by atoms with Gasteiger partial charge in [-0.3, -0.25) is 4.79 Å². The molecule has 6 heteroatoms. The number of alkyl halides is 3. The number of hydrogen-bond donors (Lipinski definition) is 1. The van der Waals surface area contributed by atoms with Crippen molar-refractivity contribution >= 4 is 5.97 Å². The molecular weight excluding hydrogens is 295 g/mol. The van der Waals surface area contributed by atoms with Crippen LogP contribution in [0.2, 0.25) is 0 Å². The Morgan fingerprint density at radius 1 is 1.09 bits per heavy atom. The van der Waals surface area contributed by atoms with Gasteiger partial charge in [0, 0.05) is 0 Å².